The number of rotatable bonds is 5. The van der Waals surface area contributed by atoms with Crippen molar-refractivity contribution in [3.8, 4) is 5.88 Å². The number of hydrogen-bond acceptors (Lipinski definition) is 6. The number of nitrogens with one attached hydrogen (secondary N) is 1. The Bertz CT molecular complexity index is 445. The Kier molecular flexibility index (Phi) is 4.77. The lowest BCUT2D eigenvalue weighted by atomic mass is 9.90. The number of hydrogen-bond donors (Lipinski definition) is 2. The van der Waals surface area contributed by atoms with Crippen molar-refractivity contribution < 1.29 is 9.47 Å². The molecular weight excluding hydrogens is 256 g/mol. The van der Waals surface area contributed by atoms with Crippen molar-refractivity contribution in [1.82, 2.24) is 9.97 Å². The molecule has 0 amide bonds. The first-order chi connectivity index (χ1) is 9.53. The third-order valence-electron chi connectivity index (χ3n) is 3.40. The van der Waals surface area contributed by atoms with Gasteiger partial charge in [0.2, 0.25) is 11.8 Å². The summed E-state index contributed by atoms with van der Waals surface area (Å²) in [4.78, 5) is 8.85. The van der Waals surface area contributed by atoms with E-state index in [1.54, 1.807) is 0 Å². The highest BCUT2D eigenvalue weighted by Gasteiger charge is 2.32. The standard InChI is InChI=1S/C14H24N4O2/c1-10(2)20-12-8-11(3)16-13(17-12)18-14(9-15)4-6-19-7-5-14/h8,10H,4-7,9,15H2,1-3H3,(H,16,17,18). The second-order valence-corrected chi connectivity index (χ2v) is 5.56. The molecule has 1 aromatic rings. The summed E-state index contributed by atoms with van der Waals surface area (Å²) >= 11 is 0. The molecule has 112 valence electrons. The zero-order valence-corrected chi connectivity index (χ0v) is 12.5. The van der Waals surface area contributed by atoms with Gasteiger partial charge in [0.15, 0.2) is 0 Å². The fraction of sp³-hybridized carbons (Fsp3) is 0.714. The topological polar surface area (TPSA) is 82.3 Å². The molecule has 0 aromatic carbocycles. The molecule has 1 aliphatic rings. The van der Waals surface area contributed by atoms with Gasteiger partial charge in [-0.1, -0.05) is 0 Å². The summed E-state index contributed by atoms with van der Waals surface area (Å²) in [6, 6.07) is 1.84. The number of nitrogens with zero attached hydrogens (tertiary/aromatic N) is 2. The van der Waals surface area contributed by atoms with E-state index in [1.807, 2.05) is 26.8 Å². The number of ether oxygens (including phenoxy) is 2. The van der Waals surface area contributed by atoms with Crippen molar-refractivity contribution in [3.63, 3.8) is 0 Å². The Morgan fingerprint density at radius 3 is 2.70 bits per heavy atom. The molecule has 1 saturated heterocycles. The summed E-state index contributed by atoms with van der Waals surface area (Å²) < 4.78 is 11.0. The summed E-state index contributed by atoms with van der Waals surface area (Å²) in [6.07, 6.45) is 1.81. The second kappa shape index (κ2) is 6.37. The molecule has 20 heavy (non-hydrogen) atoms. The average molecular weight is 280 g/mol. The number of nitrogens with two attached hydrogens (primary N) is 1. The Hall–Kier alpha value is -1.40. The minimum absolute atomic E-state index is 0.0868. The Morgan fingerprint density at radius 2 is 2.10 bits per heavy atom. The monoisotopic (exact) mass is 280 g/mol. The molecule has 0 atom stereocenters. The van der Waals surface area contributed by atoms with Crippen molar-refractivity contribution in [1.29, 1.82) is 0 Å². The normalized spacial score (nSPS) is 18.1. The highest BCUT2D eigenvalue weighted by atomic mass is 16.5. The molecule has 2 rings (SSSR count). The molecule has 0 spiro atoms. The molecule has 2 heterocycles. The minimum atomic E-state index is -0.179. The molecule has 0 aliphatic carbocycles. The van der Waals surface area contributed by atoms with E-state index in [0.717, 1.165) is 18.5 Å². The first-order valence-electron chi connectivity index (χ1n) is 7.11. The van der Waals surface area contributed by atoms with Crippen LogP contribution in [-0.2, 0) is 4.74 Å². The second-order valence-electron chi connectivity index (χ2n) is 5.56. The van der Waals surface area contributed by atoms with Gasteiger partial charge in [0, 0.05) is 31.5 Å². The van der Waals surface area contributed by atoms with Gasteiger partial charge in [0.1, 0.15) is 0 Å². The van der Waals surface area contributed by atoms with E-state index in [2.05, 4.69) is 15.3 Å². The lowest BCUT2D eigenvalue weighted by Gasteiger charge is -2.37. The van der Waals surface area contributed by atoms with E-state index in [1.165, 1.54) is 0 Å². The van der Waals surface area contributed by atoms with Gasteiger partial charge in [0.25, 0.3) is 0 Å². The Balaban J connectivity index is 2.16. The summed E-state index contributed by atoms with van der Waals surface area (Å²) in [6.45, 7) is 7.85. The first kappa shape index (κ1) is 15.0. The van der Waals surface area contributed by atoms with Crippen LogP contribution in [0.5, 0.6) is 5.88 Å². The summed E-state index contributed by atoms with van der Waals surface area (Å²) in [5.41, 5.74) is 6.63. The smallest absolute Gasteiger partial charge is 0.226 e. The maximum atomic E-state index is 5.94. The maximum absolute atomic E-state index is 5.94. The summed E-state index contributed by atoms with van der Waals surface area (Å²) in [7, 11) is 0. The highest BCUT2D eigenvalue weighted by Crippen LogP contribution is 2.24. The summed E-state index contributed by atoms with van der Waals surface area (Å²) in [5.74, 6) is 1.17. The van der Waals surface area contributed by atoms with Crippen LogP contribution in [0.15, 0.2) is 6.07 Å². The van der Waals surface area contributed by atoms with Gasteiger partial charge >= 0.3 is 0 Å². The zero-order chi connectivity index (χ0) is 14.6. The number of aryl methyl sites for hydroxylation is 1. The molecule has 0 radical (unpaired) electrons. The van der Waals surface area contributed by atoms with Crippen LogP contribution in [0.25, 0.3) is 0 Å². The predicted molar refractivity (Wildman–Crippen MR) is 78.0 cm³/mol. The molecular formula is C14H24N4O2. The first-order valence-corrected chi connectivity index (χ1v) is 7.11. The van der Waals surface area contributed by atoms with Crippen LogP contribution < -0.4 is 15.8 Å². The number of aromatic nitrogens is 2. The van der Waals surface area contributed by atoms with Crippen LogP contribution >= 0.6 is 0 Å². The van der Waals surface area contributed by atoms with Crippen molar-refractivity contribution in [2.24, 2.45) is 5.73 Å². The van der Waals surface area contributed by atoms with Crippen LogP contribution in [0, 0.1) is 6.92 Å². The van der Waals surface area contributed by atoms with Crippen LogP contribution in [-0.4, -0.2) is 41.4 Å². The molecule has 1 aromatic heterocycles. The van der Waals surface area contributed by atoms with E-state index in [9.17, 15) is 0 Å². The third kappa shape index (κ3) is 3.80. The fourth-order valence-corrected chi connectivity index (χ4v) is 2.28. The highest BCUT2D eigenvalue weighted by molar-refractivity contribution is 5.34. The van der Waals surface area contributed by atoms with Crippen molar-refractivity contribution >= 4 is 5.95 Å². The molecule has 0 bridgehead atoms. The predicted octanol–water partition coefficient (Wildman–Crippen LogP) is 1.49. The third-order valence-corrected chi connectivity index (χ3v) is 3.40. The fourth-order valence-electron chi connectivity index (χ4n) is 2.28. The largest absolute Gasteiger partial charge is 0.475 e. The maximum Gasteiger partial charge on any atom is 0.226 e. The average Bonchev–Trinajstić information content (AvgIpc) is 2.38. The van der Waals surface area contributed by atoms with E-state index in [4.69, 9.17) is 15.2 Å². The van der Waals surface area contributed by atoms with Crippen LogP contribution in [0.2, 0.25) is 0 Å². The SMILES string of the molecule is Cc1cc(OC(C)C)nc(NC2(CN)CCOCC2)n1. The van der Waals surface area contributed by atoms with Gasteiger partial charge in [-0.3, -0.25) is 0 Å². The van der Waals surface area contributed by atoms with Gasteiger partial charge in [0.05, 0.1) is 11.6 Å². The van der Waals surface area contributed by atoms with E-state index >= 15 is 0 Å². The molecule has 0 unspecified atom stereocenters. The van der Waals surface area contributed by atoms with Crippen LogP contribution in [0.4, 0.5) is 5.95 Å². The molecule has 6 nitrogen and oxygen atoms in total. The van der Waals surface area contributed by atoms with Gasteiger partial charge in [-0.25, -0.2) is 4.98 Å². The van der Waals surface area contributed by atoms with E-state index < -0.39 is 0 Å². The van der Waals surface area contributed by atoms with E-state index in [0.29, 0.717) is 31.6 Å². The van der Waals surface area contributed by atoms with Crippen molar-refractivity contribution in [2.75, 3.05) is 25.1 Å². The van der Waals surface area contributed by atoms with Gasteiger partial charge in [-0.15, -0.1) is 0 Å². The lowest BCUT2D eigenvalue weighted by Crippen LogP contribution is -2.50. The van der Waals surface area contributed by atoms with Crippen molar-refractivity contribution in [2.45, 2.75) is 45.3 Å². The lowest BCUT2D eigenvalue weighted by molar-refractivity contribution is 0.0625. The molecule has 6 heteroatoms. The molecule has 1 fully saturated rings. The van der Waals surface area contributed by atoms with Gasteiger partial charge < -0.3 is 20.5 Å². The summed E-state index contributed by atoms with van der Waals surface area (Å²) in [5, 5.41) is 3.39. The Labute approximate surface area is 120 Å². The van der Waals surface area contributed by atoms with E-state index in [-0.39, 0.29) is 11.6 Å². The van der Waals surface area contributed by atoms with Crippen LogP contribution in [0.3, 0.4) is 0 Å². The zero-order valence-electron chi connectivity index (χ0n) is 12.5. The molecule has 3 N–H and O–H groups in total. The van der Waals surface area contributed by atoms with Gasteiger partial charge in [-0.2, -0.15) is 4.98 Å². The molecule has 1 aliphatic heterocycles. The van der Waals surface area contributed by atoms with Gasteiger partial charge in [-0.05, 0) is 33.6 Å². The Morgan fingerprint density at radius 1 is 1.40 bits per heavy atom. The molecule has 0 saturated carbocycles. The van der Waals surface area contributed by atoms with Crippen molar-refractivity contribution in [3.05, 3.63) is 11.8 Å². The van der Waals surface area contributed by atoms with Crippen LogP contribution in [0.1, 0.15) is 32.4 Å². The quantitative estimate of drug-likeness (QED) is 0.850. The minimum Gasteiger partial charge on any atom is -0.475 e. The number of anilines is 1.